The van der Waals surface area contributed by atoms with Gasteiger partial charge in [0.25, 0.3) is 0 Å². The van der Waals surface area contributed by atoms with E-state index in [1.807, 2.05) is 18.2 Å². The quantitative estimate of drug-likeness (QED) is 0.718. The number of thioether (sulfide) groups is 1. The lowest BCUT2D eigenvalue weighted by Gasteiger charge is -2.31. The zero-order valence-corrected chi connectivity index (χ0v) is 13.1. The monoisotopic (exact) mass is 301 g/mol. The number of hydrogen-bond acceptors (Lipinski definition) is 3. The average molecular weight is 301 g/mol. The number of rotatable bonds is 7. The van der Waals surface area contributed by atoms with Gasteiger partial charge in [0.05, 0.1) is 11.6 Å². The first-order chi connectivity index (χ1) is 9.42. The number of ketones is 1. The van der Waals surface area contributed by atoms with E-state index < -0.39 is 17.7 Å². The van der Waals surface area contributed by atoms with Gasteiger partial charge in [-0.15, -0.1) is 0 Å². The molecule has 0 spiro atoms. The molecular formula is C15H21F2NOS. The Hall–Kier alpha value is -0.940. The van der Waals surface area contributed by atoms with Crippen LogP contribution in [0.4, 0.5) is 8.78 Å². The molecule has 1 aromatic carbocycles. The second kappa shape index (κ2) is 7.74. The van der Waals surface area contributed by atoms with Crippen molar-refractivity contribution in [3.05, 3.63) is 35.4 Å². The summed E-state index contributed by atoms with van der Waals surface area (Å²) < 4.78 is 26.6. The van der Waals surface area contributed by atoms with Gasteiger partial charge in [0.2, 0.25) is 0 Å². The van der Waals surface area contributed by atoms with Crippen LogP contribution in [0.25, 0.3) is 0 Å². The summed E-state index contributed by atoms with van der Waals surface area (Å²) in [7, 11) is 1.87. The van der Waals surface area contributed by atoms with Gasteiger partial charge in [0.1, 0.15) is 11.6 Å². The Morgan fingerprint density at radius 1 is 1.40 bits per heavy atom. The first kappa shape index (κ1) is 17.1. The summed E-state index contributed by atoms with van der Waals surface area (Å²) in [4.78, 5) is 14.3. The highest BCUT2D eigenvalue weighted by atomic mass is 32.2. The minimum Gasteiger partial charge on any atom is -0.293 e. The van der Waals surface area contributed by atoms with Gasteiger partial charge in [0, 0.05) is 17.9 Å². The van der Waals surface area contributed by atoms with Gasteiger partial charge < -0.3 is 0 Å². The Kier molecular flexibility index (Phi) is 6.62. The first-order valence-electron chi connectivity index (χ1n) is 6.62. The molecule has 0 aromatic heterocycles. The number of nitrogens with zero attached hydrogens (tertiary/aromatic N) is 1. The van der Waals surface area contributed by atoms with Crippen LogP contribution in [0.1, 0.15) is 30.6 Å². The van der Waals surface area contributed by atoms with Crippen LogP contribution in [0, 0.1) is 11.6 Å². The Labute approximate surface area is 123 Å². The molecule has 5 heteroatoms. The van der Waals surface area contributed by atoms with E-state index in [2.05, 4.69) is 6.92 Å². The number of Topliss-reactive ketones (excluding diaryl/α,β-unsaturated/α-hetero) is 1. The fourth-order valence-corrected chi connectivity index (χ4v) is 2.99. The summed E-state index contributed by atoms with van der Waals surface area (Å²) in [5, 5.41) is 0. The fourth-order valence-electron chi connectivity index (χ4n) is 2.13. The van der Waals surface area contributed by atoms with Crippen molar-refractivity contribution in [2.75, 3.05) is 19.1 Å². The number of carbonyl (C=O) groups excluding carboxylic acids is 1. The molecule has 1 rings (SSSR count). The molecule has 0 N–H and O–H groups in total. The van der Waals surface area contributed by atoms with Crippen molar-refractivity contribution in [3.8, 4) is 0 Å². The van der Waals surface area contributed by atoms with Crippen molar-refractivity contribution in [1.29, 1.82) is 0 Å². The Morgan fingerprint density at radius 2 is 2.05 bits per heavy atom. The molecule has 0 aliphatic carbocycles. The predicted molar refractivity (Wildman–Crippen MR) is 80.4 cm³/mol. The first-order valence-corrected chi connectivity index (χ1v) is 8.01. The average Bonchev–Trinajstić information content (AvgIpc) is 2.42. The standard InChI is InChI=1S/C15H21F2NOS/c1-5-12(9-20-4)18(3)10(2)15(19)13-7-6-11(16)8-14(13)17/h6-8,10,12H,5,9H2,1-4H3. The third kappa shape index (κ3) is 4.03. The number of hydrogen-bond donors (Lipinski definition) is 0. The fraction of sp³-hybridized carbons (Fsp3) is 0.533. The lowest BCUT2D eigenvalue weighted by Crippen LogP contribution is -2.44. The van der Waals surface area contributed by atoms with Crippen LogP contribution in [0.2, 0.25) is 0 Å². The number of carbonyl (C=O) groups is 1. The Bertz CT molecular complexity index is 467. The van der Waals surface area contributed by atoms with Crippen LogP contribution in [0.15, 0.2) is 18.2 Å². The normalized spacial score (nSPS) is 14.3. The lowest BCUT2D eigenvalue weighted by molar-refractivity contribution is 0.0822. The summed E-state index contributed by atoms with van der Waals surface area (Å²) >= 11 is 1.72. The molecule has 2 unspecified atom stereocenters. The molecule has 0 heterocycles. The molecule has 0 bridgehead atoms. The van der Waals surface area contributed by atoms with Gasteiger partial charge in [-0.1, -0.05) is 6.92 Å². The zero-order chi connectivity index (χ0) is 15.3. The van der Waals surface area contributed by atoms with Gasteiger partial charge >= 0.3 is 0 Å². The smallest absolute Gasteiger partial charge is 0.182 e. The molecule has 2 atom stereocenters. The topological polar surface area (TPSA) is 20.3 Å². The van der Waals surface area contributed by atoms with E-state index in [1.54, 1.807) is 18.7 Å². The van der Waals surface area contributed by atoms with E-state index >= 15 is 0 Å². The van der Waals surface area contributed by atoms with Crippen LogP contribution >= 0.6 is 11.8 Å². The van der Waals surface area contributed by atoms with Crippen molar-refractivity contribution < 1.29 is 13.6 Å². The molecule has 2 nitrogen and oxygen atoms in total. The van der Waals surface area contributed by atoms with Crippen LogP contribution in [-0.4, -0.2) is 41.8 Å². The summed E-state index contributed by atoms with van der Waals surface area (Å²) in [5.41, 5.74) is -0.0512. The van der Waals surface area contributed by atoms with Crippen molar-refractivity contribution in [1.82, 2.24) is 4.90 Å². The van der Waals surface area contributed by atoms with E-state index in [0.29, 0.717) is 0 Å². The maximum Gasteiger partial charge on any atom is 0.182 e. The molecule has 0 fully saturated rings. The van der Waals surface area contributed by atoms with Crippen molar-refractivity contribution in [2.24, 2.45) is 0 Å². The molecule has 0 saturated heterocycles. The lowest BCUT2D eigenvalue weighted by atomic mass is 10.0. The summed E-state index contributed by atoms with van der Waals surface area (Å²) in [6, 6.07) is 2.90. The predicted octanol–water partition coefficient (Wildman–Crippen LogP) is 3.61. The third-order valence-electron chi connectivity index (χ3n) is 3.59. The van der Waals surface area contributed by atoms with Gasteiger partial charge in [-0.3, -0.25) is 9.69 Å². The van der Waals surface area contributed by atoms with E-state index in [9.17, 15) is 13.6 Å². The van der Waals surface area contributed by atoms with Crippen LogP contribution < -0.4 is 0 Å². The molecule has 1 aromatic rings. The SMILES string of the molecule is CCC(CSC)N(C)C(C)C(=O)c1ccc(F)cc1F. The Balaban J connectivity index is 2.90. The second-order valence-corrected chi connectivity index (χ2v) is 5.76. The summed E-state index contributed by atoms with van der Waals surface area (Å²) in [5.74, 6) is -0.872. The highest BCUT2D eigenvalue weighted by Crippen LogP contribution is 2.17. The molecule has 20 heavy (non-hydrogen) atoms. The van der Waals surface area contributed by atoms with Crippen molar-refractivity contribution in [2.45, 2.75) is 32.4 Å². The molecule has 0 aliphatic heterocycles. The third-order valence-corrected chi connectivity index (χ3v) is 4.31. The highest BCUT2D eigenvalue weighted by molar-refractivity contribution is 7.98. The van der Waals surface area contributed by atoms with Crippen LogP contribution in [0.5, 0.6) is 0 Å². The minimum absolute atomic E-state index is 0.0512. The van der Waals surface area contributed by atoms with E-state index in [0.717, 1.165) is 24.3 Å². The largest absolute Gasteiger partial charge is 0.293 e. The summed E-state index contributed by atoms with van der Waals surface area (Å²) in [6.45, 7) is 3.82. The molecule has 0 amide bonds. The zero-order valence-electron chi connectivity index (χ0n) is 12.3. The van der Waals surface area contributed by atoms with Crippen LogP contribution in [-0.2, 0) is 0 Å². The number of halogens is 2. The van der Waals surface area contributed by atoms with Gasteiger partial charge in [-0.2, -0.15) is 11.8 Å². The van der Waals surface area contributed by atoms with Gasteiger partial charge in [-0.25, -0.2) is 8.78 Å². The van der Waals surface area contributed by atoms with Gasteiger partial charge in [-0.05, 0) is 38.8 Å². The molecule has 0 radical (unpaired) electrons. The molecular weight excluding hydrogens is 280 g/mol. The highest BCUT2D eigenvalue weighted by Gasteiger charge is 2.26. The Morgan fingerprint density at radius 3 is 2.55 bits per heavy atom. The van der Waals surface area contributed by atoms with E-state index in [4.69, 9.17) is 0 Å². The van der Waals surface area contributed by atoms with Crippen molar-refractivity contribution >= 4 is 17.5 Å². The maximum absolute atomic E-state index is 13.7. The molecule has 0 saturated carbocycles. The number of likely N-dealkylation sites (N-methyl/N-ethyl adjacent to an activating group) is 1. The minimum atomic E-state index is -0.798. The van der Waals surface area contributed by atoms with E-state index in [1.165, 1.54) is 6.07 Å². The maximum atomic E-state index is 13.7. The summed E-state index contributed by atoms with van der Waals surface area (Å²) in [6.07, 6.45) is 2.93. The van der Waals surface area contributed by atoms with Crippen LogP contribution in [0.3, 0.4) is 0 Å². The van der Waals surface area contributed by atoms with Gasteiger partial charge in [0.15, 0.2) is 5.78 Å². The van der Waals surface area contributed by atoms with E-state index in [-0.39, 0.29) is 17.4 Å². The molecule has 0 aliphatic rings. The molecule has 112 valence electrons. The number of benzene rings is 1. The second-order valence-electron chi connectivity index (χ2n) is 4.85. The van der Waals surface area contributed by atoms with Crippen molar-refractivity contribution in [3.63, 3.8) is 0 Å².